The van der Waals surface area contributed by atoms with Crippen molar-refractivity contribution >= 4 is 11.8 Å². The van der Waals surface area contributed by atoms with E-state index in [9.17, 15) is 0 Å². The van der Waals surface area contributed by atoms with Gasteiger partial charge in [-0.15, -0.1) is 5.10 Å². The van der Waals surface area contributed by atoms with Crippen LogP contribution in [0.4, 0.5) is 0 Å². The number of rotatable bonds is 25. The van der Waals surface area contributed by atoms with E-state index in [1.807, 2.05) is 16.8 Å². The predicted octanol–water partition coefficient (Wildman–Crippen LogP) is 9.97. The summed E-state index contributed by atoms with van der Waals surface area (Å²) in [5.41, 5.74) is 0.988. The summed E-state index contributed by atoms with van der Waals surface area (Å²) in [5, 5.41) is 13.2. The summed E-state index contributed by atoms with van der Waals surface area (Å²) in [4.78, 5) is 0. The molecule has 1 aromatic carbocycles. The first-order valence-corrected chi connectivity index (χ1v) is 16.5. The van der Waals surface area contributed by atoms with E-state index in [4.69, 9.17) is 4.74 Å². The van der Waals surface area contributed by atoms with Crippen LogP contribution >= 0.6 is 11.8 Å². The number of nitrogens with zero attached hydrogens (tertiary/aromatic N) is 4. The van der Waals surface area contributed by atoms with E-state index in [0.717, 1.165) is 35.4 Å². The molecule has 0 unspecified atom stereocenters. The van der Waals surface area contributed by atoms with E-state index in [-0.39, 0.29) is 0 Å². The molecule has 2 rings (SSSR count). The molecule has 0 aliphatic carbocycles. The Balaban J connectivity index is 1.53. The van der Waals surface area contributed by atoms with Crippen molar-refractivity contribution in [1.29, 1.82) is 0 Å². The van der Waals surface area contributed by atoms with Crippen LogP contribution in [-0.2, 0) is 0 Å². The maximum atomic E-state index is 5.96. The van der Waals surface area contributed by atoms with Gasteiger partial charge in [-0.25, -0.2) is 0 Å². The second kappa shape index (κ2) is 22.4. The van der Waals surface area contributed by atoms with Crippen LogP contribution in [0.15, 0.2) is 29.4 Å². The van der Waals surface area contributed by atoms with Gasteiger partial charge in [-0.3, -0.25) is 0 Å². The van der Waals surface area contributed by atoms with E-state index >= 15 is 0 Å². The monoisotopic (exact) mass is 530 g/mol. The van der Waals surface area contributed by atoms with Crippen LogP contribution in [-0.4, -0.2) is 32.6 Å². The van der Waals surface area contributed by atoms with Gasteiger partial charge >= 0.3 is 0 Å². The van der Waals surface area contributed by atoms with Crippen molar-refractivity contribution in [3.8, 4) is 11.4 Å². The molecule has 5 nitrogen and oxygen atoms in total. The number of ether oxygens (including phenoxy) is 1. The van der Waals surface area contributed by atoms with Gasteiger partial charge in [0.15, 0.2) is 0 Å². The first-order valence-electron chi connectivity index (χ1n) is 15.5. The predicted molar refractivity (Wildman–Crippen MR) is 159 cm³/mol. The van der Waals surface area contributed by atoms with Gasteiger partial charge in [0.2, 0.25) is 5.16 Å². The Morgan fingerprint density at radius 2 is 1.11 bits per heavy atom. The van der Waals surface area contributed by atoms with Crippen molar-refractivity contribution in [2.24, 2.45) is 0 Å². The zero-order valence-electron chi connectivity index (χ0n) is 24.0. The Kier molecular flexibility index (Phi) is 19.2. The van der Waals surface area contributed by atoms with Crippen LogP contribution < -0.4 is 4.74 Å². The number of benzene rings is 1. The normalized spacial score (nSPS) is 11.3. The molecule has 2 aromatic rings. The van der Waals surface area contributed by atoms with E-state index in [1.54, 1.807) is 11.8 Å². The van der Waals surface area contributed by atoms with Gasteiger partial charge in [0.05, 0.1) is 12.3 Å². The topological polar surface area (TPSA) is 52.8 Å². The first kappa shape index (κ1) is 31.7. The molecule has 0 radical (unpaired) electrons. The number of aromatic nitrogens is 4. The highest BCUT2D eigenvalue weighted by Crippen LogP contribution is 2.22. The summed E-state index contributed by atoms with van der Waals surface area (Å²) in [5.74, 6) is 1.99. The third-order valence-corrected chi connectivity index (χ3v) is 8.02. The molecule has 0 N–H and O–H groups in total. The summed E-state index contributed by atoms with van der Waals surface area (Å²) < 4.78 is 7.80. The highest BCUT2D eigenvalue weighted by Gasteiger charge is 2.09. The highest BCUT2D eigenvalue weighted by atomic mass is 32.2. The zero-order chi connectivity index (χ0) is 26.2. The summed E-state index contributed by atoms with van der Waals surface area (Å²) in [6.45, 7) is 5.35. The van der Waals surface area contributed by atoms with Crippen molar-refractivity contribution in [2.45, 2.75) is 147 Å². The van der Waals surface area contributed by atoms with Crippen LogP contribution in [0, 0.1) is 0 Å². The highest BCUT2D eigenvalue weighted by molar-refractivity contribution is 7.99. The SMILES string of the molecule is CCCCCCCCCCCCOc1ccc(-n2nnnc2SCCCCCCCCCCCC)cc1. The fraction of sp³-hybridized carbons (Fsp3) is 0.774. The quantitative estimate of drug-likeness (QED) is 0.0944. The van der Waals surface area contributed by atoms with E-state index in [0.29, 0.717) is 0 Å². The minimum atomic E-state index is 0.792. The summed E-state index contributed by atoms with van der Waals surface area (Å²) >= 11 is 1.76. The van der Waals surface area contributed by atoms with Crippen LogP contribution in [0.2, 0.25) is 0 Å². The van der Waals surface area contributed by atoms with E-state index < -0.39 is 0 Å². The van der Waals surface area contributed by atoms with Crippen LogP contribution in [0.3, 0.4) is 0 Å². The lowest BCUT2D eigenvalue weighted by Gasteiger charge is -2.08. The van der Waals surface area contributed by atoms with Crippen LogP contribution in [0.25, 0.3) is 5.69 Å². The van der Waals surface area contributed by atoms with Crippen LogP contribution in [0.1, 0.15) is 142 Å². The Morgan fingerprint density at radius 1 is 0.622 bits per heavy atom. The molecular formula is C31H54N4OS. The molecule has 1 heterocycles. The Hall–Kier alpha value is -1.56. The third-order valence-electron chi connectivity index (χ3n) is 7.02. The maximum absolute atomic E-state index is 5.96. The standard InChI is InChI=1S/C31H54N4OS/c1-3-5-7-9-11-13-15-17-19-21-27-36-30-25-23-29(24-26-30)35-31(32-33-34-35)37-28-22-20-18-16-14-12-10-8-6-4-2/h23-26H,3-22,27-28H2,1-2H3. The van der Waals surface area contributed by atoms with Crippen LogP contribution in [0.5, 0.6) is 5.75 Å². The molecule has 0 amide bonds. The lowest BCUT2D eigenvalue weighted by atomic mass is 10.1. The van der Waals surface area contributed by atoms with Crippen molar-refractivity contribution in [3.63, 3.8) is 0 Å². The lowest BCUT2D eigenvalue weighted by Crippen LogP contribution is -2.01. The first-order chi connectivity index (χ1) is 18.3. The Morgan fingerprint density at radius 3 is 1.65 bits per heavy atom. The van der Waals surface area contributed by atoms with E-state index in [1.165, 1.54) is 122 Å². The molecule has 0 fully saturated rings. The van der Waals surface area contributed by atoms with Gasteiger partial charge in [-0.2, -0.15) is 4.68 Å². The molecule has 0 aliphatic heterocycles. The molecular weight excluding hydrogens is 476 g/mol. The van der Waals surface area contributed by atoms with Gasteiger partial charge in [-0.1, -0.05) is 141 Å². The summed E-state index contributed by atoms with van der Waals surface area (Å²) in [6.07, 6.45) is 27.1. The molecule has 0 saturated carbocycles. The van der Waals surface area contributed by atoms with Crippen molar-refractivity contribution in [3.05, 3.63) is 24.3 Å². The number of hydrogen-bond acceptors (Lipinski definition) is 5. The maximum Gasteiger partial charge on any atom is 0.214 e. The second-order valence-corrected chi connectivity index (χ2v) is 11.5. The molecule has 1 aromatic heterocycles. The number of thioether (sulfide) groups is 1. The average Bonchev–Trinajstić information content (AvgIpc) is 3.39. The molecule has 0 spiro atoms. The molecule has 0 atom stereocenters. The van der Waals surface area contributed by atoms with Gasteiger partial charge in [-0.05, 0) is 47.5 Å². The Labute approximate surface area is 231 Å². The van der Waals surface area contributed by atoms with Gasteiger partial charge < -0.3 is 4.74 Å². The number of tetrazole rings is 1. The largest absolute Gasteiger partial charge is 0.494 e. The molecule has 0 bridgehead atoms. The van der Waals surface area contributed by atoms with Crippen molar-refractivity contribution in [1.82, 2.24) is 20.2 Å². The summed E-state index contributed by atoms with van der Waals surface area (Å²) in [7, 11) is 0. The zero-order valence-corrected chi connectivity index (χ0v) is 24.8. The minimum absolute atomic E-state index is 0.792. The lowest BCUT2D eigenvalue weighted by molar-refractivity contribution is 0.304. The second-order valence-electron chi connectivity index (χ2n) is 10.4. The van der Waals surface area contributed by atoms with Gasteiger partial charge in [0.1, 0.15) is 5.75 Å². The fourth-order valence-corrected chi connectivity index (χ4v) is 5.54. The fourth-order valence-electron chi connectivity index (χ4n) is 4.65. The molecule has 0 aliphatic rings. The molecule has 210 valence electrons. The Bertz CT molecular complexity index is 765. The summed E-state index contributed by atoms with van der Waals surface area (Å²) in [6, 6.07) is 8.16. The van der Waals surface area contributed by atoms with Crippen molar-refractivity contribution < 1.29 is 4.74 Å². The molecule has 6 heteroatoms. The third kappa shape index (κ3) is 15.4. The van der Waals surface area contributed by atoms with Gasteiger partial charge in [0.25, 0.3) is 0 Å². The van der Waals surface area contributed by atoms with E-state index in [2.05, 4.69) is 41.5 Å². The van der Waals surface area contributed by atoms with Gasteiger partial charge in [0, 0.05) is 5.75 Å². The average molecular weight is 531 g/mol. The number of unbranched alkanes of at least 4 members (excludes halogenated alkanes) is 18. The molecule has 0 saturated heterocycles. The molecule has 37 heavy (non-hydrogen) atoms. The minimum Gasteiger partial charge on any atom is -0.494 e. The van der Waals surface area contributed by atoms with Crippen molar-refractivity contribution in [2.75, 3.05) is 12.4 Å². The number of hydrogen-bond donors (Lipinski definition) is 0. The smallest absolute Gasteiger partial charge is 0.214 e.